The van der Waals surface area contributed by atoms with Gasteiger partial charge in [-0.2, -0.15) is 18.3 Å². The fourth-order valence-corrected chi connectivity index (χ4v) is 7.77. The standard InChI is InChI=1S/C31H40F3N7O2/c1-39-27(17-43-28-14-24(10-12-35-28)31(32,33)34)37-38-29(39)22-4-2-21(3-5-22)23-15-36-41(16-23)26-8-6-25(7-9-26)40-18-30(19-40)11-13-42-20-30/h10,12,14-16,21-22,25-26H,2-9,11,13,17-20H2,1H3. The number of halogens is 3. The van der Waals surface area contributed by atoms with Crippen LogP contribution in [0.3, 0.4) is 0 Å². The molecule has 0 unspecified atom stereocenters. The zero-order chi connectivity index (χ0) is 29.6. The summed E-state index contributed by atoms with van der Waals surface area (Å²) >= 11 is 0. The minimum atomic E-state index is -4.45. The Kier molecular flexibility index (Phi) is 7.69. The van der Waals surface area contributed by atoms with Gasteiger partial charge in [-0.1, -0.05) is 0 Å². The Morgan fingerprint density at radius 1 is 1.00 bits per heavy atom. The van der Waals surface area contributed by atoms with Crippen LogP contribution in [0.15, 0.2) is 30.7 Å². The topological polar surface area (TPSA) is 83.1 Å². The Bertz CT molecular complexity index is 1390. The quantitative estimate of drug-likeness (QED) is 0.347. The predicted molar refractivity (Wildman–Crippen MR) is 151 cm³/mol. The molecule has 3 aromatic rings. The Morgan fingerprint density at radius 3 is 2.47 bits per heavy atom. The van der Waals surface area contributed by atoms with E-state index in [2.05, 4.69) is 37.2 Å². The second kappa shape index (κ2) is 11.5. The van der Waals surface area contributed by atoms with Crippen LogP contribution >= 0.6 is 0 Å². The van der Waals surface area contributed by atoms with Crippen LogP contribution in [0, 0.1) is 5.41 Å². The summed E-state index contributed by atoms with van der Waals surface area (Å²) in [6.45, 7) is 4.33. The van der Waals surface area contributed by atoms with Crippen LogP contribution in [0.1, 0.15) is 98.4 Å². The summed E-state index contributed by atoms with van der Waals surface area (Å²) in [6, 6.07) is 3.05. The molecule has 5 heterocycles. The van der Waals surface area contributed by atoms with Crippen molar-refractivity contribution in [2.45, 2.75) is 94.5 Å². The first-order chi connectivity index (χ1) is 20.8. The molecule has 9 nitrogen and oxygen atoms in total. The number of ether oxygens (including phenoxy) is 2. The lowest BCUT2D eigenvalue weighted by Crippen LogP contribution is -2.60. The van der Waals surface area contributed by atoms with Gasteiger partial charge in [-0.25, -0.2) is 4.98 Å². The van der Waals surface area contributed by atoms with Gasteiger partial charge in [-0.3, -0.25) is 9.58 Å². The van der Waals surface area contributed by atoms with E-state index in [-0.39, 0.29) is 18.4 Å². The molecule has 4 aliphatic rings. The summed E-state index contributed by atoms with van der Waals surface area (Å²) in [4.78, 5) is 6.59. The Balaban J connectivity index is 0.886. The molecule has 0 aromatic carbocycles. The second-order valence-electron chi connectivity index (χ2n) is 13.2. The first-order valence-electron chi connectivity index (χ1n) is 15.7. The molecule has 0 atom stereocenters. The highest BCUT2D eigenvalue weighted by Crippen LogP contribution is 2.44. The number of hydrogen-bond acceptors (Lipinski definition) is 7. The lowest BCUT2D eigenvalue weighted by Gasteiger charge is -2.52. The van der Waals surface area contributed by atoms with E-state index < -0.39 is 11.7 Å². The summed E-state index contributed by atoms with van der Waals surface area (Å²) in [5, 5.41) is 13.5. The van der Waals surface area contributed by atoms with E-state index in [4.69, 9.17) is 14.6 Å². The third kappa shape index (κ3) is 5.92. The van der Waals surface area contributed by atoms with E-state index in [0.717, 1.165) is 69.1 Å². The van der Waals surface area contributed by atoms with Gasteiger partial charge in [0.05, 0.1) is 24.4 Å². The summed E-state index contributed by atoms with van der Waals surface area (Å²) in [5.74, 6) is 2.16. The highest BCUT2D eigenvalue weighted by atomic mass is 19.4. The number of alkyl halides is 3. The maximum absolute atomic E-state index is 13.0. The van der Waals surface area contributed by atoms with Crippen LogP contribution in [0.4, 0.5) is 13.2 Å². The monoisotopic (exact) mass is 599 g/mol. The number of aromatic nitrogens is 6. The van der Waals surface area contributed by atoms with Crippen molar-refractivity contribution in [3.63, 3.8) is 0 Å². The van der Waals surface area contributed by atoms with E-state index in [0.29, 0.717) is 23.2 Å². The highest BCUT2D eigenvalue weighted by Gasteiger charge is 2.48. The lowest BCUT2D eigenvalue weighted by molar-refractivity contribution is -0.137. The van der Waals surface area contributed by atoms with Crippen LogP contribution in [-0.2, 0) is 24.6 Å². The molecule has 2 saturated heterocycles. The van der Waals surface area contributed by atoms with E-state index >= 15 is 0 Å². The van der Waals surface area contributed by atoms with E-state index in [1.807, 2.05) is 11.6 Å². The molecular formula is C31H40F3N7O2. The predicted octanol–water partition coefficient (Wildman–Crippen LogP) is 5.65. The molecule has 2 aliphatic carbocycles. The van der Waals surface area contributed by atoms with E-state index in [1.165, 1.54) is 50.8 Å². The third-order valence-electron chi connectivity index (χ3n) is 10.4. The Morgan fingerprint density at radius 2 is 1.74 bits per heavy atom. The van der Waals surface area contributed by atoms with Gasteiger partial charge in [0.1, 0.15) is 12.4 Å². The molecular weight excluding hydrogens is 559 g/mol. The van der Waals surface area contributed by atoms with Crippen molar-refractivity contribution in [1.29, 1.82) is 0 Å². The summed E-state index contributed by atoms with van der Waals surface area (Å²) in [5.41, 5.74) is 1.01. The van der Waals surface area contributed by atoms with Crippen molar-refractivity contribution in [3.8, 4) is 5.88 Å². The summed E-state index contributed by atoms with van der Waals surface area (Å²) in [7, 11) is 1.89. The SMILES string of the molecule is Cn1c(COc2cc(C(F)(F)F)ccn2)nnc1C1CCC(c2cnn(C3CCC(N4CC5(CCOC5)C4)CC3)c2)CC1. The minimum Gasteiger partial charge on any atom is -0.469 e. The van der Waals surface area contributed by atoms with Crippen molar-refractivity contribution in [2.75, 3.05) is 26.3 Å². The first-order valence-corrected chi connectivity index (χ1v) is 15.7. The maximum atomic E-state index is 13.0. The fourth-order valence-electron chi connectivity index (χ4n) is 7.77. The summed E-state index contributed by atoms with van der Waals surface area (Å²) < 4.78 is 54.3. The van der Waals surface area contributed by atoms with Crippen LogP contribution in [-0.4, -0.2) is 66.8 Å². The molecule has 2 saturated carbocycles. The fraction of sp³-hybridized carbons (Fsp3) is 0.677. The van der Waals surface area contributed by atoms with Gasteiger partial charge in [0, 0.05) is 62.6 Å². The van der Waals surface area contributed by atoms with Crippen molar-refractivity contribution < 1.29 is 22.6 Å². The first kappa shape index (κ1) is 28.8. The molecule has 1 spiro atoms. The number of likely N-dealkylation sites (tertiary alicyclic amines) is 1. The zero-order valence-electron chi connectivity index (χ0n) is 24.7. The van der Waals surface area contributed by atoms with Gasteiger partial charge in [0.15, 0.2) is 5.82 Å². The number of nitrogens with zero attached hydrogens (tertiary/aromatic N) is 7. The number of hydrogen-bond donors (Lipinski definition) is 0. The molecule has 43 heavy (non-hydrogen) atoms. The molecule has 2 aliphatic heterocycles. The normalized spacial score (nSPS) is 27.8. The largest absolute Gasteiger partial charge is 0.469 e. The molecule has 7 rings (SSSR count). The van der Waals surface area contributed by atoms with Crippen LogP contribution in [0.25, 0.3) is 0 Å². The maximum Gasteiger partial charge on any atom is 0.416 e. The van der Waals surface area contributed by atoms with Crippen molar-refractivity contribution in [2.24, 2.45) is 12.5 Å². The van der Waals surface area contributed by atoms with Gasteiger partial charge in [-0.05, 0) is 75.3 Å². The molecule has 0 bridgehead atoms. The van der Waals surface area contributed by atoms with Crippen molar-refractivity contribution in [3.05, 3.63) is 53.5 Å². The molecule has 0 amide bonds. The summed E-state index contributed by atoms with van der Waals surface area (Å²) in [6.07, 6.45) is 11.3. The average Bonchev–Trinajstić information content (AvgIpc) is 3.76. The average molecular weight is 600 g/mol. The lowest BCUT2D eigenvalue weighted by atomic mass is 9.76. The number of pyridine rings is 1. The van der Waals surface area contributed by atoms with E-state index in [1.54, 1.807) is 0 Å². The van der Waals surface area contributed by atoms with Crippen LogP contribution < -0.4 is 4.74 Å². The molecule has 232 valence electrons. The van der Waals surface area contributed by atoms with Gasteiger partial charge < -0.3 is 14.0 Å². The van der Waals surface area contributed by atoms with Crippen LogP contribution in [0.2, 0.25) is 0 Å². The van der Waals surface area contributed by atoms with Crippen molar-refractivity contribution in [1.82, 2.24) is 34.4 Å². The van der Waals surface area contributed by atoms with Crippen LogP contribution in [0.5, 0.6) is 5.88 Å². The second-order valence-corrected chi connectivity index (χ2v) is 13.2. The molecule has 12 heteroatoms. The zero-order valence-corrected chi connectivity index (χ0v) is 24.7. The molecule has 4 fully saturated rings. The smallest absolute Gasteiger partial charge is 0.416 e. The third-order valence-corrected chi connectivity index (χ3v) is 10.4. The van der Waals surface area contributed by atoms with Gasteiger partial charge in [0.25, 0.3) is 0 Å². The molecule has 0 N–H and O–H groups in total. The Labute approximate surface area is 249 Å². The van der Waals surface area contributed by atoms with Gasteiger partial charge >= 0.3 is 6.18 Å². The van der Waals surface area contributed by atoms with E-state index in [9.17, 15) is 13.2 Å². The Hall–Kier alpha value is -2.99. The van der Waals surface area contributed by atoms with Gasteiger partial charge in [0.2, 0.25) is 5.88 Å². The van der Waals surface area contributed by atoms with Crippen molar-refractivity contribution >= 4 is 0 Å². The highest BCUT2D eigenvalue weighted by molar-refractivity contribution is 5.23. The molecule has 0 radical (unpaired) electrons. The van der Waals surface area contributed by atoms with Gasteiger partial charge in [-0.15, -0.1) is 10.2 Å². The molecule has 3 aromatic heterocycles. The minimum absolute atomic E-state index is 0.00201. The number of rotatable bonds is 7.